The van der Waals surface area contributed by atoms with E-state index in [4.69, 9.17) is 9.47 Å². The van der Waals surface area contributed by atoms with Gasteiger partial charge in [-0.1, -0.05) is 0 Å². The number of rotatable bonds is 2. The number of esters is 2. The zero-order valence-electron chi connectivity index (χ0n) is 7.75. The topological polar surface area (TPSA) is 52.6 Å². The van der Waals surface area contributed by atoms with Crippen LogP contribution in [0.15, 0.2) is 0 Å². The monoisotopic (exact) mass is 186 g/mol. The number of ether oxygens (including phenoxy) is 2. The predicted molar refractivity (Wildman–Crippen MR) is 44.9 cm³/mol. The quantitative estimate of drug-likeness (QED) is 0.601. The average Bonchev–Trinajstić information content (AvgIpc) is 2.30. The van der Waals surface area contributed by atoms with Crippen molar-refractivity contribution in [1.29, 1.82) is 0 Å². The Morgan fingerprint density at radius 1 is 1.62 bits per heavy atom. The first-order chi connectivity index (χ1) is 6.24. The van der Waals surface area contributed by atoms with Crippen molar-refractivity contribution in [2.24, 2.45) is 5.92 Å². The summed E-state index contributed by atoms with van der Waals surface area (Å²) in [5.41, 5.74) is 0. The van der Waals surface area contributed by atoms with Crippen molar-refractivity contribution in [2.75, 3.05) is 13.2 Å². The number of cyclic esters (lactones) is 1. The standard InChI is InChI=1S/C9H14O4/c1-2-12-9(11)7-3-4-8(10)13-6-5-7/h7H,2-6H2,1H3/t7-/m1/s1. The van der Waals surface area contributed by atoms with Gasteiger partial charge in [0, 0.05) is 6.42 Å². The molecule has 4 nitrogen and oxygen atoms in total. The molecule has 0 amide bonds. The summed E-state index contributed by atoms with van der Waals surface area (Å²) in [6, 6.07) is 0. The molecular formula is C9H14O4. The van der Waals surface area contributed by atoms with Crippen molar-refractivity contribution >= 4 is 11.9 Å². The molecule has 0 spiro atoms. The van der Waals surface area contributed by atoms with E-state index in [9.17, 15) is 9.59 Å². The molecule has 4 heteroatoms. The van der Waals surface area contributed by atoms with Gasteiger partial charge in [0.05, 0.1) is 19.1 Å². The van der Waals surface area contributed by atoms with Crippen LogP contribution in [-0.2, 0) is 19.1 Å². The van der Waals surface area contributed by atoms with Gasteiger partial charge >= 0.3 is 11.9 Å². The average molecular weight is 186 g/mol. The highest BCUT2D eigenvalue weighted by Gasteiger charge is 2.24. The minimum atomic E-state index is -0.216. The molecule has 1 rings (SSSR count). The molecule has 13 heavy (non-hydrogen) atoms. The second kappa shape index (κ2) is 4.84. The number of hydrogen-bond acceptors (Lipinski definition) is 4. The van der Waals surface area contributed by atoms with Crippen LogP contribution in [0.5, 0.6) is 0 Å². The maximum atomic E-state index is 11.3. The Morgan fingerprint density at radius 2 is 2.38 bits per heavy atom. The molecule has 0 aliphatic carbocycles. The molecule has 0 aromatic rings. The summed E-state index contributed by atoms with van der Waals surface area (Å²) in [4.78, 5) is 22.1. The van der Waals surface area contributed by atoms with Gasteiger partial charge in [0.1, 0.15) is 0 Å². The lowest BCUT2D eigenvalue weighted by molar-refractivity contribution is -0.148. The Balaban J connectivity index is 2.41. The third kappa shape index (κ3) is 3.05. The van der Waals surface area contributed by atoms with Crippen LogP contribution in [-0.4, -0.2) is 25.2 Å². The third-order valence-electron chi connectivity index (χ3n) is 2.05. The Labute approximate surface area is 77.2 Å². The van der Waals surface area contributed by atoms with Gasteiger partial charge in [-0.2, -0.15) is 0 Å². The SMILES string of the molecule is CCOC(=O)[C@H]1CCOC(=O)CC1. The summed E-state index contributed by atoms with van der Waals surface area (Å²) in [7, 11) is 0. The van der Waals surface area contributed by atoms with Gasteiger partial charge < -0.3 is 9.47 Å². The van der Waals surface area contributed by atoms with Gasteiger partial charge in [-0.25, -0.2) is 0 Å². The number of hydrogen-bond donors (Lipinski definition) is 0. The minimum absolute atomic E-state index is 0.161. The smallest absolute Gasteiger partial charge is 0.309 e. The van der Waals surface area contributed by atoms with Gasteiger partial charge in [0.25, 0.3) is 0 Å². The van der Waals surface area contributed by atoms with Crippen LogP contribution in [0.4, 0.5) is 0 Å². The van der Waals surface area contributed by atoms with E-state index in [1.54, 1.807) is 6.92 Å². The lowest BCUT2D eigenvalue weighted by Gasteiger charge is -2.10. The fourth-order valence-corrected chi connectivity index (χ4v) is 1.32. The molecule has 0 aromatic carbocycles. The Hall–Kier alpha value is -1.06. The molecule has 0 bridgehead atoms. The summed E-state index contributed by atoms with van der Waals surface area (Å²) < 4.78 is 9.68. The summed E-state index contributed by atoms with van der Waals surface area (Å²) in [5.74, 6) is -0.584. The second-order valence-electron chi connectivity index (χ2n) is 3.00. The van der Waals surface area contributed by atoms with Crippen molar-refractivity contribution in [3.8, 4) is 0 Å². The van der Waals surface area contributed by atoms with E-state index in [2.05, 4.69) is 0 Å². The van der Waals surface area contributed by atoms with E-state index in [-0.39, 0.29) is 17.9 Å². The maximum Gasteiger partial charge on any atom is 0.309 e. The first-order valence-electron chi connectivity index (χ1n) is 4.56. The van der Waals surface area contributed by atoms with E-state index in [1.807, 2.05) is 0 Å². The summed E-state index contributed by atoms with van der Waals surface area (Å²) in [6.07, 6.45) is 1.46. The molecule has 1 heterocycles. The van der Waals surface area contributed by atoms with E-state index < -0.39 is 0 Å². The first-order valence-corrected chi connectivity index (χ1v) is 4.56. The van der Waals surface area contributed by atoms with Crippen LogP contribution in [0.3, 0.4) is 0 Å². The highest BCUT2D eigenvalue weighted by molar-refractivity contribution is 5.75. The number of carbonyl (C=O) groups is 2. The van der Waals surface area contributed by atoms with Gasteiger partial charge in [0.2, 0.25) is 0 Å². The second-order valence-corrected chi connectivity index (χ2v) is 3.00. The molecule has 0 N–H and O–H groups in total. The fraction of sp³-hybridized carbons (Fsp3) is 0.778. The highest BCUT2D eigenvalue weighted by Crippen LogP contribution is 2.17. The fourth-order valence-electron chi connectivity index (χ4n) is 1.32. The molecular weight excluding hydrogens is 172 g/mol. The van der Waals surface area contributed by atoms with Crippen molar-refractivity contribution in [1.82, 2.24) is 0 Å². The van der Waals surface area contributed by atoms with Crippen molar-refractivity contribution in [3.63, 3.8) is 0 Å². The highest BCUT2D eigenvalue weighted by atomic mass is 16.5. The van der Waals surface area contributed by atoms with Crippen molar-refractivity contribution < 1.29 is 19.1 Å². The van der Waals surface area contributed by atoms with Crippen LogP contribution in [0.2, 0.25) is 0 Å². The maximum absolute atomic E-state index is 11.3. The van der Waals surface area contributed by atoms with Crippen LogP contribution >= 0.6 is 0 Å². The Bertz CT molecular complexity index is 200. The molecule has 0 saturated carbocycles. The summed E-state index contributed by atoms with van der Waals surface area (Å²) >= 11 is 0. The number of carbonyl (C=O) groups excluding carboxylic acids is 2. The molecule has 0 radical (unpaired) electrons. The Kier molecular flexibility index (Phi) is 3.73. The molecule has 74 valence electrons. The zero-order chi connectivity index (χ0) is 9.68. The van der Waals surface area contributed by atoms with E-state index >= 15 is 0 Å². The van der Waals surface area contributed by atoms with Gasteiger partial charge in [-0.05, 0) is 19.8 Å². The molecule has 1 aliphatic rings. The lowest BCUT2D eigenvalue weighted by Crippen LogP contribution is -2.17. The van der Waals surface area contributed by atoms with Crippen LogP contribution < -0.4 is 0 Å². The first kappa shape index (κ1) is 10.0. The van der Waals surface area contributed by atoms with Crippen molar-refractivity contribution in [3.05, 3.63) is 0 Å². The largest absolute Gasteiger partial charge is 0.466 e. The summed E-state index contributed by atoms with van der Waals surface area (Å²) in [5, 5.41) is 0. The van der Waals surface area contributed by atoms with Gasteiger partial charge in [0.15, 0.2) is 0 Å². The molecule has 0 aromatic heterocycles. The van der Waals surface area contributed by atoms with Crippen molar-refractivity contribution in [2.45, 2.75) is 26.2 Å². The van der Waals surface area contributed by atoms with E-state index in [0.29, 0.717) is 32.5 Å². The molecule has 0 unspecified atom stereocenters. The van der Waals surface area contributed by atoms with Crippen LogP contribution in [0.25, 0.3) is 0 Å². The van der Waals surface area contributed by atoms with Gasteiger partial charge in [-0.15, -0.1) is 0 Å². The molecule has 1 atom stereocenters. The minimum Gasteiger partial charge on any atom is -0.466 e. The Morgan fingerprint density at radius 3 is 3.08 bits per heavy atom. The molecule has 1 saturated heterocycles. The normalized spacial score (nSPS) is 23.2. The zero-order valence-corrected chi connectivity index (χ0v) is 7.75. The van der Waals surface area contributed by atoms with E-state index in [1.165, 1.54) is 0 Å². The third-order valence-corrected chi connectivity index (χ3v) is 2.05. The predicted octanol–water partition coefficient (Wildman–Crippen LogP) is 0.893. The molecule has 1 fully saturated rings. The van der Waals surface area contributed by atoms with Gasteiger partial charge in [-0.3, -0.25) is 9.59 Å². The van der Waals surface area contributed by atoms with Crippen LogP contribution in [0, 0.1) is 5.92 Å². The summed E-state index contributed by atoms with van der Waals surface area (Å²) in [6.45, 7) is 2.50. The lowest BCUT2D eigenvalue weighted by atomic mass is 10.0. The van der Waals surface area contributed by atoms with E-state index in [0.717, 1.165) is 0 Å². The molecule has 1 aliphatic heterocycles. The van der Waals surface area contributed by atoms with Crippen LogP contribution in [0.1, 0.15) is 26.2 Å².